The fourth-order valence-electron chi connectivity index (χ4n) is 3.08. The molecule has 0 aliphatic heterocycles. The van der Waals surface area contributed by atoms with Gasteiger partial charge in [-0.05, 0) is 19.3 Å². The molecule has 4 heteroatoms. The Labute approximate surface area is 143 Å². The lowest BCUT2D eigenvalue weighted by Crippen LogP contribution is -2.44. The van der Waals surface area contributed by atoms with E-state index < -0.39 is 5.97 Å². The van der Waals surface area contributed by atoms with E-state index in [1.54, 1.807) is 21.3 Å². The van der Waals surface area contributed by atoms with Gasteiger partial charge in [-0.1, -0.05) is 58.3 Å². The zero-order chi connectivity index (χ0) is 16.7. The first-order valence-electron chi connectivity index (χ1n) is 8.92. The fourth-order valence-corrected chi connectivity index (χ4v) is 3.27. The van der Waals surface area contributed by atoms with Gasteiger partial charge >= 0.3 is 0 Å². The van der Waals surface area contributed by atoms with E-state index in [4.69, 9.17) is 25.8 Å². The minimum atomic E-state index is -0.898. The number of unbranched alkanes of at least 4 members (excludes halogenated alkanes) is 7. The molecule has 1 unspecified atom stereocenters. The molecule has 0 saturated heterocycles. The topological polar surface area (TPSA) is 27.7 Å². The maximum Gasteiger partial charge on any atom is 0.285 e. The average molecular weight is 337 g/mol. The molecular weight excluding hydrogens is 300 g/mol. The van der Waals surface area contributed by atoms with E-state index in [2.05, 4.69) is 6.92 Å². The van der Waals surface area contributed by atoms with Gasteiger partial charge in [-0.15, -0.1) is 11.6 Å². The standard InChI is InChI=1S/C18H37ClO3/c1-5-6-7-8-9-11-14-17(15-12-10-13-16-19)18(20-2,21-3)22-4/h17H,5-16H2,1-4H3. The molecule has 0 saturated carbocycles. The Hall–Kier alpha value is 0.170. The van der Waals surface area contributed by atoms with Crippen LogP contribution in [0.5, 0.6) is 0 Å². The van der Waals surface area contributed by atoms with E-state index in [0.717, 1.165) is 38.0 Å². The van der Waals surface area contributed by atoms with Crippen LogP contribution in [0.25, 0.3) is 0 Å². The van der Waals surface area contributed by atoms with Gasteiger partial charge in [0.05, 0.1) is 0 Å². The van der Waals surface area contributed by atoms with Crippen molar-refractivity contribution in [3.63, 3.8) is 0 Å². The molecule has 0 N–H and O–H groups in total. The van der Waals surface area contributed by atoms with Crippen molar-refractivity contribution in [2.75, 3.05) is 27.2 Å². The predicted octanol–water partition coefficient (Wildman–Crippen LogP) is 5.75. The molecule has 134 valence electrons. The molecule has 0 amide bonds. The van der Waals surface area contributed by atoms with E-state index in [-0.39, 0.29) is 5.92 Å². The average Bonchev–Trinajstić information content (AvgIpc) is 2.55. The Bertz CT molecular complexity index is 224. The summed E-state index contributed by atoms with van der Waals surface area (Å²) in [7, 11) is 5.00. The summed E-state index contributed by atoms with van der Waals surface area (Å²) in [5, 5.41) is 0. The quantitative estimate of drug-likeness (QED) is 0.204. The van der Waals surface area contributed by atoms with Gasteiger partial charge in [0, 0.05) is 33.1 Å². The van der Waals surface area contributed by atoms with Crippen LogP contribution in [-0.4, -0.2) is 33.2 Å². The minimum absolute atomic E-state index is 0.272. The molecule has 0 rings (SSSR count). The van der Waals surface area contributed by atoms with E-state index in [9.17, 15) is 0 Å². The molecule has 0 radical (unpaired) electrons. The van der Waals surface area contributed by atoms with Crippen LogP contribution >= 0.6 is 11.6 Å². The monoisotopic (exact) mass is 336 g/mol. The number of ether oxygens (including phenoxy) is 3. The van der Waals surface area contributed by atoms with Gasteiger partial charge < -0.3 is 14.2 Å². The van der Waals surface area contributed by atoms with Crippen LogP contribution in [0.4, 0.5) is 0 Å². The molecule has 3 nitrogen and oxygen atoms in total. The molecule has 0 aromatic rings. The number of hydrogen-bond acceptors (Lipinski definition) is 3. The van der Waals surface area contributed by atoms with Crippen molar-refractivity contribution in [3.05, 3.63) is 0 Å². The van der Waals surface area contributed by atoms with Crippen LogP contribution in [-0.2, 0) is 14.2 Å². The third-order valence-corrected chi connectivity index (χ3v) is 4.71. The molecule has 0 aliphatic rings. The first-order chi connectivity index (χ1) is 10.7. The molecule has 0 aromatic carbocycles. The van der Waals surface area contributed by atoms with Crippen LogP contribution in [0.2, 0.25) is 0 Å². The number of alkyl halides is 1. The number of methoxy groups -OCH3 is 3. The molecule has 0 aromatic heterocycles. The summed E-state index contributed by atoms with van der Waals surface area (Å²) in [4.78, 5) is 0. The second-order valence-corrected chi connectivity index (χ2v) is 6.39. The SMILES string of the molecule is CCCCCCCCC(CCCCCCl)C(OC)(OC)OC. The second kappa shape index (κ2) is 14.7. The lowest BCUT2D eigenvalue weighted by Gasteiger charge is -2.36. The van der Waals surface area contributed by atoms with Gasteiger partial charge in [0.15, 0.2) is 0 Å². The van der Waals surface area contributed by atoms with Crippen molar-refractivity contribution in [1.29, 1.82) is 0 Å². The van der Waals surface area contributed by atoms with Gasteiger partial charge in [0.2, 0.25) is 0 Å². The lowest BCUT2D eigenvalue weighted by molar-refractivity contribution is -0.380. The maximum absolute atomic E-state index is 5.76. The third-order valence-electron chi connectivity index (χ3n) is 4.45. The number of halogens is 1. The Balaban J connectivity index is 4.32. The van der Waals surface area contributed by atoms with Crippen molar-refractivity contribution >= 4 is 11.6 Å². The maximum atomic E-state index is 5.76. The molecule has 0 heterocycles. The molecule has 22 heavy (non-hydrogen) atoms. The number of hydrogen-bond donors (Lipinski definition) is 0. The Morgan fingerprint density at radius 2 is 1.18 bits per heavy atom. The minimum Gasteiger partial charge on any atom is -0.331 e. The van der Waals surface area contributed by atoms with Crippen LogP contribution < -0.4 is 0 Å². The highest BCUT2D eigenvalue weighted by atomic mass is 35.5. The summed E-state index contributed by atoms with van der Waals surface area (Å²) < 4.78 is 16.7. The van der Waals surface area contributed by atoms with Gasteiger partial charge in [-0.3, -0.25) is 0 Å². The zero-order valence-electron chi connectivity index (χ0n) is 15.2. The summed E-state index contributed by atoms with van der Waals surface area (Å²) in [5.41, 5.74) is 0. The van der Waals surface area contributed by atoms with Crippen molar-refractivity contribution in [3.8, 4) is 0 Å². The summed E-state index contributed by atoms with van der Waals surface area (Å²) in [6, 6.07) is 0. The first kappa shape index (κ1) is 22.2. The summed E-state index contributed by atoms with van der Waals surface area (Å²) in [6.45, 7) is 2.25. The van der Waals surface area contributed by atoms with Gasteiger partial charge in [0.25, 0.3) is 5.97 Å². The van der Waals surface area contributed by atoms with Crippen molar-refractivity contribution in [2.45, 2.75) is 83.5 Å². The molecule has 0 spiro atoms. The van der Waals surface area contributed by atoms with Crippen molar-refractivity contribution in [2.24, 2.45) is 5.92 Å². The Morgan fingerprint density at radius 1 is 0.727 bits per heavy atom. The zero-order valence-corrected chi connectivity index (χ0v) is 15.9. The fraction of sp³-hybridized carbons (Fsp3) is 1.00. The summed E-state index contributed by atoms with van der Waals surface area (Å²) in [5.74, 6) is 0.116. The van der Waals surface area contributed by atoms with Gasteiger partial charge in [-0.2, -0.15) is 0 Å². The molecule has 1 atom stereocenters. The van der Waals surface area contributed by atoms with Crippen molar-refractivity contribution in [1.82, 2.24) is 0 Å². The largest absolute Gasteiger partial charge is 0.331 e. The summed E-state index contributed by atoms with van der Waals surface area (Å²) in [6.07, 6.45) is 13.3. The highest BCUT2D eigenvalue weighted by Crippen LogP contribution is 2.32. The smallest absolute Gasteiger partial charge is 0.285 e. The highest BCUT2D eigenvalue weighted by molar-refractivity contribution is 6.17. The molecule has 0 fully saturated rings. The second-order valence-electron chi connectivity index (χ2n) is 6.01. The van der Waals surface area contributed by atoms with E-state index in [1.165, 1.54) is 38.5 Å². The van der Waals surface area contributed by atoms with Gasteiger partial charge in [0.1, 0.15) is 0 Å². The first-order valence-corrected chi connectivity index (χ1v) is 9.45. The van der Waals surface area contributed by atoms with E-state index in [1.807, 2.05) is 0 Å². The molecular formula is C18H37ClO3. The predicted molar refractivity (Wildman–Crippen MR) is 94.4 cm³/mol. The third kappa shape index (κ3) is 8.71. The number of rotatable bonds is 16. The van der Waals surface area contributed by atoms with Crippen LogP contribution in [0.1, 0.15) is 77.6 Å². The molecule has 0 bridgehead atoms. The van der Waals surface area contributed by atoms with Crippen LogP contribution in [0, 0.1) is 5.92 Å². The highest BCUT2D eigenvalue weighted by Gasteiger charge is 2.39. The van der Waals surface area contributed by atoms with Crippen LogP contribution in [0.3, 0.4) is 0 Å². The summed E-state index contributed by atoms with van der Waals surface area (Å²) >= 11 is 5.76. The Kier molecular flexibility index (Phi) is 14.9. The van der Waals surface area contributed by atoms with Crippen molar-refractivity contribution < 1.29 is 14.2 Å². The van der Waals surface area contributed by atoms with E-state index in [0.29, 0.717) is 0 Å². The Morgan fingerprint density at radius 3 is 1.64 bits per heavy atom. The van der Waals surface area contributed by atoms with Gasteiger partial charge in [-0.25, -0.2) is 0 Å². The molecule has 0 aliphatic carbocycles. The lowest BCUT2D eigenvalue weighted by atomic mass is 9.92. The van der Waals surface area contributed by atoms with Crippen LogP contribution in [0.15, 0.2) is 0 Å². The normalized spacial score (nSPS) is 13.5. The van der Waals surface area contributed by atoms with E-state index >= 15 is 0 Å².